The van der Waals surface area contributed by atoms with Crippen LogP contribution in [-0.4, -0.2) is 25.6 Å². The highest BCUT2D eigenvalue weighted by Gasteiger charge is 2.24. The first-order valence-electron chi connectivity index (χ1n) is 6.61. The van der Waals surface area contributed by atoms with Crippen molar-refractivity contribution in [3.8, 4) is 0 Å². The van der Waals surface area contributed by atoms with E-state index < -0.39 is 5.97 Å². The van der Waals surface area contributed by atoms with Crippen LogP contribution in [0.4, 0.5) is 0 Å². The highest BCUT2D eigenvalue weighted by molar-refractivity contribution is 5.60. The van der Waals surface area contributed by atoms with Crippen LogP contribution in [0.1, 0.15) is 52.9 Å². The van der Waals surface area contributed by atoms with Gasteiger partial charge in [0.1, 0.15) is 0 Å². The summed E-state index contributed by atoms with van der Waals surface area (Å²) in [6, 6.07) is 0. The summed E-state index contributed by atoms with van der Waals surface area (Å²) in [5, 5.41) is 8.89. The standard InChI is InChI=1S/C11H23N.C2H4O2/c1-3-5-8-12-9-7-11(10-12)6-4-2;1-2(3)4/h11H,3-10H2,1-2H3;1H3,(H,3,4). The van der Waals surface area contributed by atoms with Gasteiger partial charge in [0.15, 0.2) is 0 Å². The first-order valence-corrected chi connectivity index (χ1v) is 6.61. The summed E-state index contributed by atoms with van der Waals surface area (Å²) < 4.78 is 0. The van der Waals surface area contributed by atoms with Crippen molar-refractivity contribution in [2.75, 3.05) is 19.6 Å². The van der Waals surface area contributed by atoms with E-state index in [1.54, 1.807) is 0 Å². The SMILES string of the molecule is CC(=O)[O-].CCCC[NH+]1CCC(CCC)C1. The van der Waals surface area contributed by atoms with Crippen LogP contribution in [0.5, 0.6) is 0 Å². The topological polar surface area (TPSA) is 44.6 Å². The first kappa shape index (κ1) is 15.4. The number of likely N-dealkylation sites (tertiary alicyclic amines) is 1. The molecule has 3 nitrogen and oxygen atoms in total. The van der Waals surface area contributed by atoms with Gasteiger partial charge >= 0.3 is 0 Å². The Morgan fingerprint density at radius 2 is 2.00 bits per heavy atom. The molecule has 0 saturated carbocycles. The average Bonchev–Trinajstić information content (AvgIpc) is 2.62. The van der Waals surface area contributed by atoms with Gasteiger partial charge in [-0.15, -0.1) is 0 Å². The molecule has 1 aliphatic rings. The maximum Gasteiger partial charge on any atom is 0.0801 e. The van der Waals surface area contributed by atoms with E-state index in [0.717, 1.165) is 12.8 Å². The minimum atomic E-state index is -1.08. The molecule has 16 heavy (non-hydrogen) atoms. The lowest BCUT2D eigenvalue weighted by Gasteiger charge is -2.12. The normalized spacial score (nSPS) is 23.7. The monoisotopic (exact) mass is 229 g/mol. The van der Waals surface area contributed by atoms with Crippen molar-refractivity contribution in [3.05, 3.63) is 0 Å². The van der Waals surface area contributed by atoms with Crippen molar-refractivity contribution in [3.63, 3.8) is 0 Å². The molecule has 2 atom stereocenters. The third-order valence-corrected chi connectivity index (χ3v) is 3.06. The zero-order chi connectivity index (χ0) is 12.4. The second kappa shape index (κ2) is 9.64. The molecule has 0 amide bonds. The number of rotatable bonds is 5. The molecular weight excluding hydrogens is 202 g/mol. The molecule has 3 heteroatoms. The van der Waals surface area contributed by atoms with E-state index in [1.165, 1.54) is 51.7 Å². The Balaban J connectivity index is 0.000000487. The highest BCUT2D eigenvalue weighted by Crippen LogP contribution is 2.10. The van der Waals surface area contributed by atoms with Gasteiger partial charge in [-0.05, 0) is 19.8 Å². The number of aliphatic carboxylic acids is 1. The maximum atomic E-state index is 8.89. The minimum Gasteiger partial charge on any atom is -0.550 e. The van der Waals surface area contributed by atoms with Gasteiger partial charge in [-0.1, -0.05) is 26.7 Å². The molecule has 2 unspecified atom stereocenters. The van der Waals surface area contributed by atoms with Crippen LogP contribution in [0.2, 0.25) is 0 Å². The summed E-state index contributed by atoms with van der Waals surface area (Å²) in [5.41, 5.74) is 0. The van der Waals surface area contributed by atoms with E-state index in [2.05, 4.69) is 13.8 Å². The Morgan fingerprint density at radius 3 is 2.50 bits per heavy atom. The molecule has 0 aromatic carbocycles. The molecule has 1 saturated heterocycles. The molecule has 1 aliphatic heterocycles. The summed E-state index contributed by atoms with van der Waals surface area (Å²) in [6.45, 7) is 9.91. The summed E-state index contributed by atoms with van der Waals surface area (Å²) >= 11 is 0. The van der Waals surface area contributed by atoms with Gasteiger partial charge in [0, 0.05) is 18.3 Å². The molecule has 1 heterocycles. The molecule has 0 bridgehead atoms. The van der Waals surface area contributed by atoms with Crippen molar-refractivity contribution in [2.45, 2.75) is 52.9 Å². The number of carboxylic acids is 1. The lowest BCUT2D eigenvalue weighted by Crippen LogP contribution is -3.10. The number of quaternary nitrogens is 1. The van der Waals surface area contributed by atoms with E-state index in [4.69, 9.17) is 9.90 Å². The highest BCUT2D eigenvalue weighted by atomic mass is 16.4. The van der Waals surface area contributed by atoms with Crippen molar-refractivity contribution < 1.29 is 14.8 Å². The average molecular weight is 229 g/mol. The van der Waals surface area contributed by atoms with Crippen LogP contribution in [0.15, 0.2) is 0 Å². The zero-order valence-corrected chi connectivity index (χ0v) is 11.1. The Hall–Kier alpha value is -0.570. The second-order valence-corrected chi connectivity index (χ2v) is 4.74. The lowest BCUT2D eigenvalue weighted by atomic mass is 10.0. The predicted molar refractivity (Wildman–Crippen MR) is 64.2 cm³/mol. The predicted octanol–water partition coefficient (Wildman–Crippen LogP) is 0.248. The number of carbonyl (C=O) groups is 1. The van der Waals surface area contributed by atoms with E-state index in [1.807, 2.05) is 4.90 Å². The van der Waals surface area contributed by atoms with Gasteiger partial charge in [-0.25, -0.2) is 0 Å². The largest absolute Gasteiger partial charge is 0.550 e. The third kappa shape index (κ3) is 8.72. The molecular formula is C13H27NO2. The minimum absolute atomic E-state index is 0.972. The molecule has 1 N–H and O–H groups in total. The van der Waals surface area contributed by atoms with Gasteiger partial charge in [0.05, 0.1) is 19.6 Å². The molecule has 0 aliphatic carbocycles. The molecule has 1 rings (SSSR count). The van der Waals surface area contributed by atoms with Crippen LogP contribution in [-0.2, 0) is 4.79 Å². The number of unbranched alkanes of at least 4 members (excludes halogenated alkanes) is 1. The number of carbonyl (C=O) groups excluding carboxylic acids is 1. The molecule has 1 fully saturated rings. The van der Waals surface area contributed by atoms with Crippen LogP contribution in [0.25, 0.3) is 0 Å². The van der Waals surface area contributed by atoms with E-state index in [0.29, 0.717) is 0 Å². The quantitative estimate of drug-likeness (QED) is 0.734. The number of nitrogens with one attached hydrogen (secondary N) is 1. The summed E-state index contributed by atoms with van der Waals surface area (Å²) in [4.78, 5) is 10.8. The van der Waals surface area contributed by atoms with E-state index in [-0.39, 0.29) is 0 Å². The Kier molecular flexibility index (Phi) is 9.30. The smallest absolute Gasteiger partial charge is 0.0801 e. The van der Waals surface area contributed by atoms with E-state index >= 15 is 0 Å². The fraction of sp³-hybridized carbons (Fsp3) is 0.923. The molecule has 0 spiro atoms. The summed E-state index contributed by atoms with van der Waals surface area (Å²) in [5.74, 6) is -0.0261. The van der Waals surface area contributed by atoms with Crippen LogP contribution < -0.4 is 10.0 Å². The summed E-state index contributed by atoms with van der Waals surface area (Å²) in [6.07, 6.45) is 7.13. The van der Waals surface area contributed by atoms with Gasteiger partial charge in [0.25, 0.3) is 0 Å². The Morgan fingerprint density at radius 1 is 1.38 bits per heavy atom. The zero-order valence-electron chi connectivity index (χ0n) is 11.1. The molecule has 0 radical (unpaired) electrons. The lowest BCUT2D eigenvalue weighted by molar-refractivity contribution is -0.889. The van der Waals surface area contributed by atoms with Crippen LogP contribution >= 0.6 is 0 Å². The van der Waals surface area contributed by atoms with Crippen molar-refractivity contribution in [1.29, 1.82) is 0 Å². The Labute approximate surface area is 99.8 Å². The van der Waals surface area contributed by atoms with Gasteiger partial charge in [-0.2, -0.15) is 0 Å². The number of carboxylic acid groups (broad SMARTS) is 1. The number of hydrogen-bond donors (Lipinski definition) is 1. The van der Waals surface area contributed by atoms with Crippen molar-refractivity contribution in [1.82, 2.24) is 0 Å². The maximum absolute atomic E-state index is 8.89. The Bertz CT molecular complexity index is 179. The van der Waals surface area contributed by atoms with Crippen molar-refractivity contribution in [2.24, 2.45) is 5.92 Å². The fourth-order valence-electron chi connectivity index (χ4n) is 2.33. The number of hydrogen-bond acceptors (Lipinski definition) is 2. The van der Waals surface area contributed by atoms with E-state index in [9.17, 15) is 0 Å². The van der Waals surface area contributed by atoms with Gasteiger partial charge in [-0.3, -0.25) is 0 Å². The molecule has 0 aromatic heterocycles. The van der Waals surface area contributed by atoms with Crippen molar-refractivity contribution >= 4 is 5.97 Å². The molecule has 0 aromatic rings. The van der Waals surface area contributed by atoms with Crippen LogP contribution in [0.3, 0.4) is 0 Å². The first-order chi connectivity index (χ1) is 7.60. The second-order valence-electron chi connectivity index (χ2n) is 4.74. The molecule has 96 valence electrons. The van der Waals surface area contributed by atoms with Crippen LogP contribution in [0, 0.1) is 5.92 Å². The fourth-order valence-corrected chi connectivity index (χ4v) is 2.33. The third-order valence-electron chi connectivity index (χ3n) is 3.06. The van der Waals surface area contributed by atoms with Gasteiger partial charge < -0.3 is 14.8 Å². The van der Waals surface area contributed by atoms with Gasteiger partial charge in [0.2, 0.25) is 0 Å². The summed E-state index contributed by atoms with van der Waals surface area (Å²) in [7, 11) is 0.